The number of carbonyl (C=O) groups is 3. The number of hydrogen-bond donors (Lipinski definition) is 2. The second-order valence-electron chi connectivity index (χ2n) is 11.1. The zero-order chi connectivity index (χ0) is 29.4. The molecule has 2 aromatic rings. The Hall–Kier alpha value is -2.97. The topological polar surface area (TPSA) is 91.0 Å². The van der Waals surface area contributed by atoms with E-state index in [1.807, 2.05) is 52.0 Å². The summed E-state index contributed by atoms with van der Waals surface area (Å²) in [6.45, 7) is 11.2. The standard InChI is InChI=1S/C30H40Cl2N4O4/c1-6-35(28(38)34-27-24(31)10-7-11-25(27)32)18-16-20(2)21-12-14-22(15-13-21)33-26(37)19-23-9-8-17-36(23)29(39)40-30(3,4)5/h7,10-15,20,23H,6,8-9,16-19H2,1-5H3,(H,33,37)(H,34,38). The average molecular weight is 592 g/mol. The normalized spacial score (nSPS) is 15.9. The van der Waals surface area contributed by atoms with Crippen molar-refractivity contribution >= 4 is 52.6 Å². The molecule has 2 unspecified atom stereocenters. The van der Waals surface area contributed by atoms with Crippen LogP contribution in [0.2, 0.25) is 10.0 Å². The molecule has 4 amide bonds. The molecule has 0 spiro atoms. The number of carbonyl (C=O) groups excluding carboxylic acids is 3. The molecular weight excluding hydrogens is 551 g/mol. The van der Waals surface area contributed by atoms with Crippen LogP contribution in [-0.4, -0.2) is 59.1 Å². The van der Waals surface area contributed by atoms with E-state index < -0.39 is 5.60 Å². The number of benzene rings is 2. The lowest BCUT2D eigenvalue weighted by atomic mass is 9.97. The molecular formula is C30H40Cl2N4O4. The smallest absolute Gasteiger partial charge is 0.410 e. The maximum Gasteiger partial charge on any atom is 0.410 e. The number of para-hydroxylation sites is 1. The van der Waals surface area contributed by atoms with Gasteiger partial charge in [0, 0.05) is 37.8 Å². The maximum atomic E-state index is 12.8. The van der Waals surface area contributed by atoms with Gasteiger partial charge in [-0.15, -0.1) is 0 Å². The summed E-state index contributed by atoms with van der Waals surface area (Å²) < 4.78 is 5.50. The molecule has 0 bridgehead atoms. The molecule has 0 saturated carbocycles. The Morgan fingerprint density at radius 3 is 2.33 bits per heavy atom. The number of nitrogens with one attached hydrogen (secondary N) is 2. The lowest BCUT2D eigenvalue weighted by Crippen LogP contribution is -2.41. The van der Waals surface area contributed by atoms with Crippen LogP contribution in [0.3, 0.4) is 0 Å². The lowest BCUT2D eigenvalue weighted by Gasteiger charge is -2.28. The van der Waals surface area contributed by atoms with Crippen LogP contribution in [0.5, 0.6) is 0 Å². The fourth-order valence-electron chi connectivity index (χ4n) is 4.65. The van der Waals surface area contributed by atoms with Crippen molar-refractivity contribution in [3.05, 3.63) is 58.1 Å². The number of urea groups is 1. The van der Waals surface area contributed by atoms with Gasteiger partial charge in [0.2, 0.25) is 5.91 Å². The summed E-state index contributed by atoms with van der Waals surface area (Å²) >= 11 is 12.4. The number of hydrogen-bond acceptors (Lipinski definition) is 4. The third kappa shape index (κ3) is 9.03. The molecule has 0 aromatic heterocycles. The van der Waals surface area contributed by atoms with Gasteiger partial charge in [0.25, 0.3) is 0 Å². The van der Waals surface area contributed by atoms with Gasteiger partial charge in [-0.3, -0.25) is 4.79 Å². The first kappa shape index (κ1) is 31.6. The molecule has 1 aliphatic heterocycles. The zero-order valence-corrected chi connectivity index (χ0v) is 25.4. The molecule has 1 fully saturated rings. The largest absolute Gasteiger partial charge is 0.444 e. The van der Waals surface area contributed by atoms with Crippen LogP contribution in [0.4, 0.5) is 21.0 Å². The van der Waals surface area contributed by atoms with E-state index >= 15 is 0 Å². The van der Waals surface area contributed by atoms with Crippen LogP contribution >= 0.6 is 23.2 Å². The predicted octanol–water partition coefficient (Wildman–Crippen LogP) is 7.77. The minimum absolute atomic E-state index is 0.135. The molecule has 0 aliphatic carbocycles. The van der Waals surface area contributed by atoms with Crippen LogP contribution in [0, 0.1) is 0 Å². The molecule has 2 aromatic carbocycles. The first-order chi connectivity index (χ1) is 18.9. The number of halogens is 2. The van der Waals surface area contributed by atoms with E-state index in [1.54, 1.807) is 28.0 Å². The summed E-state index contributed by atoms with van der Waals surface area (Å²) in [7, 11) is 0. The zero-order valence-electron chi connectivity index (χ0n) is 23.9. The number of rotatable bonds is 9. The van der Waals surface area contributed by atoms with Gasteiger partial charge in [-0.25, -0.2) is 9.59 Å². The molecule has 8 nitrogen and oxygen atoms in total. The first-order valence-electron chi connectivity index (χ1n) is 13.8. The highest BCUT2D eigenvalue weighted by Crippen LogP contribution is 2.30. The molecule has 3 rings (SSSR count). The molecule has 1 aliphatic rings. The molecule has 218 valence electrons. The van der Waals surface area contributed by atoms with Crippen molar-refractivity contribution in [2.24, 2.45) is 0 Å². The van der Waals surface area contributed by atoms with E-state index in [2.05, 4.69) is 17.6 Å². The molecule has 2 N–H and O–H groups in total. The molecule has 2 atom stereocenters. The van der Waals surface area contributed by atoms with Crippen molar-refractivity contribution in [2.45, 2.75) is 77.9 Å². The second kappa shape index (κ2) is 14.1. The Morgan fingerprint density at radius 2 is 1.73 bits per heavy atom. The van der Waals surface area contributed by atoms with E-state index in [1.165, 1.54) is 0 Å². The van der Waals surface area contributed by atoms with Gasteiger partial charge < -0.3 is 25.2 Å². The molecule has 10 heteroatoms. The Bertz CT molecular complexity index is 1160. The van der Waals surface area contributed by atoms with E-state index in [-0.39, 0.29) is 36.4 Å². The fourth-order valence-corrected chi connectivity index (χ4v) is 5.14. The Labute approximate surface area is 247 Å². The van der Waals surface area contributed by atoms with Crippen molar-refractivity contribution in [3.63, 3.8) is 0 Å². The third-order valence-corrected chi connectivity index (χ3v) is 7.52. The van der Waals surface area contributed by atoms with Gasteiger partial charge in [-0.05, 0) is 82.7 Å². The minimum atomic E-state index is -0.572. The van der Waals surface area contributed by atoms with Crippen molar-refractivity contribution < 1.29 is 19.1 Å². The quantitative estimate of drug-likeness (QED) is 0.312. The highest BCUT2D eigenvalue weighted by molar-refractivity contribution is 6.39. The van der Waals surface area contributed by atoms with Crippen LogP contribution in [0.1, 0.15) is 71.8 Å². The van der Waals surface area contributed by atoms with Crippen LogP contribution in [-0.2, 0) is 9.53 Å². The number of anilines is 2. The second-order valence-corrected chi connectivity index (χ2v) is 12.0. The van der Waals surface area contributed by atoms with E-state index in [0.717, 1.165) is 24.8 Å². The summed E-state index contributed by atoms with van der Waals surface area (Å²) in [5.41, 5.74) is 1.65. The van der Waals surface area contributed by atoms with Crippen molar-refractivity contribution in [1.82, 2.24) is 9.80 Å². The highest BCUT2D eigenvalue weighted by Gasteiger charge is 2.33. The predicted molar refractivity (Wildman–Crippen MR) is 161 cm³/mol. The van der Waals surface area contributed by atoms with E-state index in [4.69, 9.17) is 27.9 Å². The van der Waals surface area contributed by atoms with Gasteiger partial charge in [0.1, 0.15) is 5.60 Å². The highest BCUT2D eigenvalue weighted by atomic mass is 35.5. The minimum Gasteiger partial charge on any atom is -0.444 e. The molecule has 1 heterocycles. The summed E-state index contributed by atoms with van der Waals surface area (Å²) in [6, 6.07) is 12.4. The molecule has 0 radical (unpaired) electrons. The summed E-state index contributed by atoms with van der Waals surface area (Å²) in [5, 5.41) is 6.55. The fraction of sp³-hybridized carbons (Fsp3) is 0.500. The number of nitrogens with zero attached hydrogens (tertiary/aromatic N) is 2. The number of likely N-dealkylation sites (tertiary alicyclic amines) is 1. The molecule has 1 saturated heterocycles. The average Bonchev–Trinajstić information content (AvgIpc) is 3.34. The van der Waals surface area contributed by atoms with Gasteiger partial charge in [0.15, 0.2) is 0 Å². The Morgan fingerprint density at radius 1 is 1.07 bits per heavy atom. The summed E-state index contributed by atoms with van der Waals surface area (Å²) in [5.74, 6) is 0.0564. The van der Waals surface area contributed by atoms with Gasteiger partial charge in [0.05, 0.1) is 15.7 Å². The summed E-state index contributed by atoms with van der Waals surface area (Å²) in [6.07, 6.45) is 2.25. The maximum absolute atomic E-state index is 12.8. The van der Waals surface area contributed by atoms with Crippen LogP contribution < -0.4 is 10.6 Å². The van der Waals surface area contributed by atoms with Crippen molar-refractivity contribution in [3.8, 4) is 0 Å². The first-order valence-corrected chi connectivity index (χ1v) is 14.5. The van der Waals surface area contributed by atoms with E-state index in [9.17, 15) is 14.4 Å². The third-order valence-electron chi connectivity index (χ3n) is 6.89. The molecule has 40 heavy (non-hydrogen) atoms. The van der Waals surface area contributed by atoms with Crippen molar-refractivity contribution in [1.29, 1.82) is 0 Å². The van der Waals surface area contributed by atoms with E-state index in [0.29, 0.717) is 41.1 Å². The van der Waals surface area contributed by atoms with Gasteiger partial charge in [-0.2, -0.15) is 0 Å². The van der Waals surface area contributed by atoms with Crippen LogP contribution in [0.15, 0.2) is 42.5 Å². The number of ether oxygens (including phenoxy) is 1. The Balaban J connectivity index is 1.49. The lowest BCUT2D eigenvalue weighted by molar-refractivity contribution is -0.117. The number of amides is 4. The Kier molecular flexibility index (Phi) is 11.1. The SMILES string of the molecule is CCN(CCC(C)c1ccc(NC(=O)CC2CCCN2C(=O)OC(C)(C)C)cc1)C(=O)Nc1c(Cl)cccc1Cl. The van der Waals surface area contributed by atoms with Crippen LogP contribution in [0.25, 0.3) is 0 Å². The van der Waals surface area contributed by atoms with Gasteiger partial charge >= 0.3 is 12.1 Å². The summed E-state index contributed by atoms with van der Waals surface area (Å²) in [4.78, 5) is 41.4. The monoisotopic (exact) mass is 590 g/mol. The van der Waals surface area contributed by atoms with Gasteiger partial charge in [-0.1, -0.05) is 48.3 Å². The van der Waals surface area contributed by atoms with Crippen molar-refractivity contribution in [2.75, 3.05) is 30.3 Å².